The predicted octanol–water partition coefficient (Wildman–Crippen LogP) is 4.89. The number of benzene rings is 2. The van der Waals surface area contributed by atoms with E-state index in [0.29, 0.717) is 5.56 Å². The van der Waals surface area contributed by atoms with Crippen LogP contribution in [0.25, 0.3) is 10.8 Å². The molecular weight excluding hydrogens is 264 g/mol. The first-order chi connectivity index (χ1) is 10.1. The molecule has 2 aromatic carbocycles. The summed E-state index contributed by atoms with van der Waals surface area (Å²) >= 11 is 0. The number of carboxylic acid groups (broad SMARTS) is 1. The highest BCUT2D eigenvalue weighted by Crippen LogP contribution is 2.23. The van der Waals surface area contributed by atoms with Gasteiger partial charge in [-0.25, -0.2) is 4.79 Å². The van der Waals surface area contributed by atoms with Gasteiger partial charge in [-0.1, -0.05) is 31.9 Å². The minimum atomic E-state index is -0.901. The van der Waals surface area contributed by atoms with Crippen molar-refractivity contribution in [2.75, 3.05) is 0 Å². The second kappa shape index (κ2) is 7.11. The average Bonchev–Trinajstić information content (AvgIpc) is 2.46. The molecule has 0 saturated heterocycles. The molecule has 0 fully saturated rings. The highest BCUT2D eigenvalue weighted by molar-refractivity contribution is 5.94. The lowest BCUT2D eigenvalue weighted by atomic mass is 10.1. The van der Waals surface area contributed by atoms with E-state index in [0.717, 1.165) is 22.9 Å². The van der Waals surface area contributed by atoms with Crippen LogP contribution in [0.5, 0.6) is 5.75 Å². The zero-order valence-electron chi connectivity index (χ0n) is 12.6. The number of unbranched alkanes of at least 4 members (excludes halogenated alkanes) is 2. The second-order valence-electron chi connectivity index (χ2n) is 5.45. The van der Waals surface area contributed by atoms with Crippen molar-refractivity contribution in [1.82, 2.24) is 0 Å². The Bertz CT molecular complexity index is 619. The Kier molecular flexibility index (Phi) is 5.20. The fourth-order valence-corrected chi connectivity index (χ4v) is 2.40. The summed E-state index contributed by atoms with van der Waals surface area (Å²) in [6.45, 7) is 4.29. The van der Waals surface area contributed by atoms with Crippen LogP contribution in [0.2, 0.25) is 0 Å². The first-order valence-corrected chi connectivity index (χ1v) is 7.54. The van der Waals surface area contributed by atoms with E-state index in [2.05, 4.69) is 13.8 Å². The first kappa shape index (κ1) is 15.4. The van der Waals surface area contributed by atoms with E-state index in [1.165, 1.54) is 19.3 Å². The Morgan fingerprint density at radius 1 is 1.14 bits per heavy atom. The lowest BCUT2D eigenvalue weighted by Crippen LogP contribution is -2.11. The third-order valence-corrected chi connectivity index (χ3v) is 3.61. The number of rotatable bonds is 7. The van der Waals surface area contributed by atoms with Crippen LogP contribution >= 0.6 is 0 Å². The van der Waals surface area contributed by atoms with Gasteiger partial charge in [-0.3, -0.25) is 0 Å². The van der Waals surface area contributed by atoms with Crippen LogP contribution in [0.1, 0.15) is 49.9 Å². The number of aromatic carboxylic acids is 1. The van der Waals surface area contributed by atoms with Crippen molar-refractivity contribution >= 4 is 16.7 Å². The minimum Gasteiger partial charge on any atom is -0.491 e. The van der Waals surface area contributed by atoms with E-state index in [4.69, 9.17) is 9.84 Å². The molecule has 1 unspecified atom stereocenters. The van der Waals surface area contributed by atoms with Crippen molar-refractivity contribution < 1.29 is 14.6 Å². The Labute approximate surface area is 125 Å². The average molecular weight is 286 g/mol. The van der Waals surface area contributed by atoms with E-state index in [1.54, 1.807) is 12.1 Å². The molecule has 0 amide bonds. The van der Waals surface area contributed by atoms with Gasteiger partial charge in [-0.2, -0.15) is 0 Å². The fourth-order valence-electron chi connectivity index (χ4n) is 2.40. The largest absolute Gasteiger partial charge is 0.491 e. The second-order valence-corrected chi connectivity index (χ2v) is 5.45. The maximum Gasteiger partial charge on any atom is 0.335 e. The van der Waals surface area contributed by atoms with Crippen molar-refractivity contribution in [2.45, 2.75) is 45.6 Å². The molecule has 3 heteroatoms. The maximum atomic E-state index is 11.0. The van der Waals surface area contributed by atoms with Crippen molar-refractivity contribution in [2.24, 2.45) is 0 Å². The van der Waals surface area contributed by atoms with Crippen molar-refractivity contribution in [3.63, 3.8) is 0 Å². The molecule has 1 atom stereocenters. The zero-order chi connectivity index (χ0) is 15.2. The van der Waals surface area contributed by atoms with Gasteiger partial charge in [0.25, 0.3) is 0 Å². The van der Waals surface area contributed by atoms with Crippen molar-refractivity contribution in [1.29, 1.82) is 0 Å². The summed E-state index contributed by atoms with van der Waals surface area (Å²) in [4.78, 5) is 11.0. The highest BCUT2D eigenvalue weighted by Gasteiger charge is 2.07. The molecule has 0 aliphatic rings. The minimum absolute atomic E-state index is 0.201. The number of ether oxygens (including phenoxy) is 1. The van der Waals surface area contributed by atoms with Crippen LogP contribution in [-0.2, 0) is 0 Å². The van der Waals surface area contributed by atoms with E-state index >= 15 is 0 Å². The predicted molar refractivity (Wildman–Crippen MR) is 85.1 cm³/mol. The smallest absolute Gasteiger partial charge is 0.335 e. The SMILES string of the molecule is CCCCCC(C)Oc1ccc2cc(C(=O)O)ccc2c1. The first-order valence-electron chi connectivity index (χ1n) is 7.54. The van der Waals surface area contributed by atoms with Gasteiger partial charge in [0.2, 0.25) is 0 Å². The monoisotopic (exact) mass is 286 g/mol. The van der Waals surface area contributed by atoms with Crippen molar-refractivity contribution in [3.05, 3.63) is 42.0 Å². The van der Waals surface area contributed by atoms with Gasteiger partial charge in [0.15, 0.2) is 0 Å². The molecule has 0 heterocycles. The molecule has 0 aliphatic carbocycles. The van der Waals surface area contributed by atoms with Crippen LogP contribution in [0.3, 0.4) is 0 Å². The molecule has 0 saturated carbocycles. The summed E-state index contributed by atoms with van der Waals surface area (Å²) in [6.07, 6.45) is 4.90. The topological polar surface area (TPSA) is 46.5 Å². The van der Waals surface area contributed by atoms with Gasteiger partial charge in [0.1, 0.15) is 5.75 Å². The fraction of sp³-hybridized carbons (Fsp3) is 0.389. The molecule has 3 nitrogen and oxygen atoms in total. The van der Waals surface area contributed by atoms with Gasteiger partial charge in [0.05, 0.1) is 11.7 Å². The van der Waals surface area contributed by atoms with Gasteiger partial charge < -0.3 is 9.84 Å². The van der Waals surface area contributed by atoms with Crippen LogP contribution < -0.4 is 4.74 Å². The number of carbonyl (C=O) groups is 1. The summed E-state index contributed by atoms with van der Waals surface area (Å²) in [5, 5.41) is 10.9. The summed E-state index contributed by atoms with van der Waals surface area (Å²) in [7, 11) is 0. The lowest BCUT2D eigenvalue weighted by molar-refractivity contribution is 0.0697. The van der Waals surface area contributed by atoms with Crippen LogP contribution in [-0.4, -0.2) is 17.2 Å². The molecule has 0 aromatic heterocycles. The molecule has 2 aromatic rings. The standard InChI is InChI=1S/C18H22O3/c1-3-4-5-6-13(2)21-17-10-9-14-11-16(18(19)20)8-7-15(14)12-17/h7-13H,3-6H2,1-2H3,(H,19,20). The Morgan fingerprint density at radius 3 is 2.57 bits per heavy atom. The van der Waals surface area contributed by atoms with Gasteiger partial charge in [-0.15, -0.1) is 0 Å². The van der Waals surface area contributed by atoms with Gasteiger partial charge >= 0.3 is 5.97 Å². The quantitative estimate of drug-likeness (QED) is 0.737. The number of carboxylic acids is 1. The third-order valence-electron chi connectivity index (χ3n) is 3.61. The molecule has 21 heavy (non-hydrogen) atoms. The zero-order valence-corrected chi connectivity index (χ0v) is 12.6. The maximum absolute atomic E-state index is 11.0. The van der Waals surface area contributed by atoms with E-state index in [-0.39, 0.29) is 6.10 Å². The summed E-state index contributed by atoms with van der Waals surface area (Å²) in [5.74, 6) is -0.0589. The Balaban J connectivity index is 2.08. The number of fused-ring (bicyclic) bond motifs is 1. The lowest BCUT2D eigenvalue weighted by Gasteiger charge is -2.15. The molecular formula is C18H22O3. The van der Waals surface area contributed by atoms with E-state index < -0.39 is 5.97 Å². The summed E-state index contributed by atoms with van der Waals surface area (Å²) < 4.78 is 5.93. The molecule has 0 radical (unpaired) electrons. The molecule has 0 spiro atoms. The molecule has 1 N–H and O–H groups in total. The van der Waals surface area contributed by atoms with Crippen LogP contribution in [0.15, 0.2) is 36.4 Å². The molecule has 0 aliphatic heterocycles. The van der Waals surface area contributed by atoms with E-state index in [1.807, 2.05) is 24.3 Å². The van der Waals surface area contributed by atoms with Gasteiger partial charge in [0, 0.05) is 0 Å². The van der Waals surface area contributed by atoms with Crippen LogP contribution in [0, 0.1) is 0 Å². The third kappa shape index (κ3) is 4.22. The normalized spacial score (nSPS) is 12.3. The van der Waals surface area contributed by atoms with Gasteiger partial charge in [-0.05, 0) is 54.8 Å². The Hall–Kier alpha value is -2.03. The summed E-state index contributed by atoms with van der Waals surface area (Å²) in [5.41, 5.74) is 0.309. The van der Waals surface area contributed by atoms with E-state index in [9.17, 15) is 4.79 Å². The molecule has 112 valence electrons. The Morgan fingerprint density at radius 2 is 1.86 bits per heavy atom. The molecule has 0 bridgehead atoms. The highest BCUT2D eigenvalue weighted by atomic mass is 16.5. The van der Waals surface area contributed by atoms with Crippen molar-refractivity contribution in [3.8, 4) is 5.75 Å². The molecule has 2 rings (SSSR count). The number of hydrogen-bond donors (Lipinski definition) is 1. The number of hydrogen-bond acceptors (Lipinski definition) is 2. The summed E-state index contributed by atoms with van der Waals surface area (Å²) in [6, 6.07) is 10.9. The van der Waals surface area contributed by atoms with Crippen LogP contribution in [0.4, 0.5) is 0 Å².